The molecule has 1 aromatic heterocycles. The lowest BCUT2D eigenvalue weighted by Crippen LogP contribution is -2.27. The summed E-state index contributed by atoms with van der Waals surface area (Å²) in [5.74, 6) is 0.283. The molecule has 1 amide bonds. The van der Waals surface area contributed by atoms with Crippen LogP contribution in [0.5, 0.6) is 0 Å². The topological polar surface area (TPSA) is 58.1 Å². The number of amides is 1. The van der Waals surface area contributed by atoms with Crippen molar-refractivity contribution in [1.29, 1.82) is 0 Å². The van der Waals surface area contributed by atoms with Gasteiger partial charge in [0, 0.05) is 23.8 Å². The van der Waals surface area contributed by atoms with Crippen molar-refractivity contribution in [2.75, 3.05) is 23.3 Å². The van der Waals surface area contributed by atoms with Gasteiger partial charge in [-0.2, -0.15) is 0 Å². The average Bonchev–Trinajstić information content (AvgIpc) is 2.62. The highest BCUT2D eigenvalue weighted by molar-refractivity contribution is 6.31. The van der Waals surface area contributed by atoms with Crippen LogP contribution in [0, 0.1) is 0 Å². The third-order valence-corrected chi connectivity index (χ3v) is 4.15. The molecule has 1 N–H and O–H groups in total. The number of carbonyl (C=O) groups excluding carboxylic acids is 1. The third-order valence-electron chi connectivity index (χ3n) is 3.91. The molecule has 5 nitrogen and oxygen atoms in total. The molecular formula is C19H19ClN4O. The highest BCUT2D eigenvalue weighted by atomic mass is 35.5. The fraction of sp³-hybridized carbons (Fsp3) is 0.211. The Morgan fingerprint density at radius 2 is 1.72 bits per heavy atom. The number of benzene rings is 2. The fourth-order valence-electron chi connectivity index (χ4n) is 2.64. The lowest BCUT2D eigenvalue weighted by molar-refractivity contribution is 0.102. The summed E-state index contributed by atoms with van der Waals surface area (Å²) in [5, 5.41) is 3.42. The van der Waals surface area contributed by atoms with Crippen molar-refractivity contribution in [3.8, 4) is 0 Å². The Balaban J connectivity index is 2.05. The first-order valence-electron chi connectivity index (χ1n) is 8.21. The lowest BCUT2D eigenvalue weighted by Gasteiger charge is -2.22. The number of carbonyl (C=O) groups is 1. The number of nitrogens with one attached hydrogen (secondary N) is 1. The van der Waals surface area contributed by atoms with E-state index < -0.39 is 0 Å². The van der Waals surface area contributed by atoms with Crippen LogP contribution in [0.4, 0.5) is 11.5 Å². The second-order valence-electron chi connectivity index (χ2n) is 5.52. The maximum Gasteiger partial charge on any atom is 0.278 e. The zero-order valence-corrected chi connectivity index (χ0v) is 14.9. The molecule has 2 aromatic carbocycles. The first-order chi connectivity index (χ1) is 12.1. The van der Waals surface area contributed by atoms with Crippen LogP contribution < -0.4 is 10.2 Å². The molecule has 128 valence electrons. The van der Waals surface area contributed by atoms with E-state index in [0.717, 1.165) is 18.6 Å². The van der Waals surface area contributed by atoms with Crippen LogP contribution in [0.3, 0.4) is 0 Å². The minimum atomic E-state index is -0.303. The molecule has 6 heteroatoms. The fourth-order valence-corrected chi connectivity index (χ4v) is 2.83. The quantitative estimate of drug-likeness (QED) is 0.738. The molecule has 0 fully saturated rings. The van der Waals surface area contributed by atoms with E-state index in [4.69, 9.17) is 11.6 Å². The Hall–Kier alpha value is -2.66. The molecule has 0 atom stereocenters. The van der Waals surface area contributed by atoms with Crippen molar-refractivity contribution >= 4 is 40.0 Å². The van der Waals surface area contributed by atoms with Gasteiger partial charge < -0.3 is 10.2 Å². The number of hydrogen-bond acceptors (Lipinski definition) is 4. The van der Waals surface area contributed by atoms with Crippen molar-refractivity contribution < 1.29 is 4.79 Å². The molecule has 0 aliphatic carbocycles. The van der Waals surface area contributed by atoms with E-state index in [1.165, 1.54) is 0 Å². The maximum absolute atomic E-state index is 12.8. The summed E-state index contributed by atoms with van der Waals surface area (Å²) in [4.78, 5) is 24.1. The molecule has 3 rings (SSSR count). The van der Waals surface area contributed by atoms with Crippen molar-refractivity contribution in [3.05, 3.63) is 59.2 Å². The lowest BCUT2D eigenvalue weighted by atomic mass is 10.2. The summed E-state index contributed by atoms with van der Waals surface area (Å²) in [6.45, 7) is 5.53. The van der Waals surface area contributed by atoms with E-state index in [1.54, 1.807) is 24.3 Å². The molecule has 25 heavy (non-hydrogen) atoms. The molecule has 3 aromatic rings. The number of hydrogen-bond donors (Lipinski definition) is 1. The van der Waals surface area contributed by atoms with E-state index in [0.29, 0.717) is 27.7 Å². The Morgan fingerprint density at radius 3 is 2.36 bits per heavy atom. The molecule has 0 aliphatic heterocycles. The molecule has 0 radical (unpaired) electrons. The summed E-state index contributed by atoms with van der Waals surface area (Å²) in [7, 11) is 0. The molecule has 0 unspecified atom stereocenters. The molecule has 1 heterocycles. The van der Waals surface area contributed by atoms with Crippen LogP contribution in [0.2, 0.25) is 5.02 Å². The van der Waals surface area contributed by atoms with Gasteiger partial charge in [0.2, 0.25) is 0 Å². The number of aromatic nitrogens is 2. The van der Waals surface area contributed by atoms with Crippen LogP contribution in [0.15, 0.2) is 48.5 Å². The van der Waals surface area contributed by atoms with Crippen molar-refractivity contribution in [2.24, 2.45) is 0 Å². The van der Waals surface area contributed by atoms with Crippen molar-refractivity contribution in [1.82, 2.24) is 9.97 Å². The minimum Gasteiger partial charge on any atom is -0.355 e. The van der Waals surface area contributed by atoms with Gasteiger partial charge in [0.15, 0.2) is 11.5 Å². The predicted octanol–water partition coefficient (Wildman–Crippen LogP) is 4.38. The van der Waals surface area contributed by atoms with Gasteiger partial charge in [-0.3, -0.25) is 4.79 Å². The van der Waals surface area contributed by atoms with Crippen LogP contribution in [-0.2, 0) is 0 Å². The van der Waals surface area contributed by atoms with Gasteiger partial charge >= 0.3 is 0 Å². The Bertz CT molecular complexity index is 909. The van der Waals surface area contributed by atoms with Crippen LogP contribution in [0.1, 0.15) is 24.3 Å². The first-order valence-corrected chi connectivity index (χ1v) is 8.58. The number of rotatable bonds is 5. The van der Waals surface area contributed by atoms with Gasteiger partial charge in [-0.1, -0.05) is 29.8 Å². The second-order valence-corrected chi connectivity index (χ2v) is 5.96. The number of halogens is 1. The molecular weight excluding hydrogens is 336 g/mol. The van der Waals surface area contributed by atoms with Gasteiger partial charge in [0.25, 0.3) is 5.91 Å². The summed E-state index contributed by atoms with van der Waals surface area (Å²) in [5.41, 5.74) is 2.39. The molecule has 0 spiro atoms. The van der Waals surface area contributed by atoms with Gasteiger partial charge in [-0.25, -0.2) is 9.97 Å². The minimum absolute atomic E-state index is 0.303. The zero-order valence-electron chi connectivity index (χ0n) is 14.2. The van der Waals surface area contributed by atoms with E-state index in [-0.39, 0.29) is 5.91 Å². The second kappa shape index (κ2) is 7.49. The standard InChI is InChI=1S/C19H19ClN4O/c1-3-24(4-2)18-17(22-15-10-5-6-11-16(15)23-18)19(25)21-14-9-7-8-13(20)12-14/h5-12H,3-4H2,1-2H3,(H,21,25). The van der Waals surface area contributed by atoms with Gasteiger partial charge in [-0.05, 0) is 44.2 Å². The Morgan fingerprint density at radius 1 is 1.04 bits per heavy atom. The van der Waals surface area contributed by atoms with Crippen LogP contribution >= 0.6 is 11.6 Å². The number of anilines is 2. The molecule has 0 bridgehead atoms. The Kier molecular flexibility index (Phi) is 5.14. The van der Waals surface area contributed by atoms with Crippen molar-refractivity contribution in [3.63, 3.8) is 0 Å². The first kappa shape index (κ1) is 17.2. The summed E-state index contributed by atoms with van der Waals surface area (Å²) < 4.78 is 0. The van der Waals surface area contributed by atoms with Crippen molar-refractivity contribution in [2.45, 2.75) is 13.8 Å². The SMILES string of the molecule is CCN(CC)c1nc2ccccc2nc1C(=O)Nc1cccc(Cl)c1. The number of para-hydroxylation sites is 2. The Labute approximate surface area is 151 Å². The smallest absolute Gasteiger partial charge is 0.278 e. The predicted molar refractivity (Wildman–Crippen MR) is 103 cm³/mol. The summed E-state index contributed by atoms with van der Waals surface area (Å²) >= 11 is 5.99. The zero-order chi connectivity index (χ0) is 17.8. The third kappa shape index (κ3) is 3.72. The molecule has 0 saturated heterocycles. The highest BCUT2D eigenvalue weighted by Gasteiger charge is 2.20. The van der Waals surface area contributed by atoms with E-state index in [2.05, 4.69) is 15.3 Å². The highest BCUT2D eigenvalue weighted by Crippen LogP contribution is 2.22. The average molecular weight is 355 g/mol. The van der Waals surface area contributed by atoms with Gasteiger partial charge in [0.1, 0.15) is 0 Å². The van der Waals surface area contributed by atoms with E-state index in [1.807, 2.05) is 43.0 Å². The summed E-state index contributed by atoms with van der Waals surface area (Å²) in [6, 6.07) is 14.6. The van der Waals surface area contributed by atoms with E-state index in [9.17, 15) is 4.79 Å². The number of fused-ring (bicyclic) bond motifs is 1. The van der Waals surface area contributed by atoms with Gasteiger partial charge in [-0.15, -0.1) is 0 Å². The van der Waals surface area contributed by atoms with Crippen LogP contribution in [-0.4, -0.2) is 29.0 Å². The van der Waals surface area contributed by atoms with Gasteiger partial charge in [0.05, 0.1) is 11.0 Å². The monoisotopic (exact) mass is 354 g/mol. The summed E-state index contributed by atoms with van der Waals surface area (Å²) in [6.07, 6.45) is 0. The normalized spacial score (nSPS) is 10.7. The maximum atomic E-state index is 12.8. The molecule has 0 aliphatic rings. The number of nitrogens with zero attached hydrogens (tertiary/aromatic N) is 3. The van der Waals surface area contributed by atoms with Crippen LogP contribution in [0.25, 0.3) is 11.0 Å². The molecule has 0 saturated carbocycles. The van der Waals surface area contributed by atoms with E-state index >= 15 is 0 Å². The largest absolute Gasteiger partial charge is 0.355 e.